The Morgan fingerprint density at radius 2 is 2.00 bits per heavy atom. The summed E-state index contributed by atoms with van der Waals surface area (Å²) in [6, 6.07) is 5.15. The van der Waals surface area contributed by atoms with Crippen LogP contribution in [0.2, 0.25) is 0 Å². The molecule has 0 aromatic heterocycles. The van der Waals surface area contributed by atoms with Gasteiger partial charge in [-0.05, 0) is 49.3 Å². The lowest BCUT2D eigenvalue weighted by Crippen LogP contribution is -2.62. The zero-order valence-electron chi connectivity index (χ0n) is 17.0. The fraction of sp³-hybridized carbons (Fsp3) is 0.591. The molecule has 1 atom stereocenters. The molecule has 4 heterocycles. The van der Waals surface area contributed by atoms with Crippen molar-refractivity contribution in [1.82, 2.24) is 15.5 Å². The molecule has 4 fully saturated rings. The van der Waals surface area contributed by atoms with E-state index in [-0.39, 0.29) is 35.3 Å². The van der Waals surface area contributed by atoms with E-state index in [4.69, 9.17) is 10.5 Å². The summed E-state index contributed by atoms with van der Waals surface area (Å²) in [6.45, 7) is 2.43. The predicted octanol–water partition coefficient (Wildman–Crippen LogP) is 0.578. The second-order valence-electron chi connectivity index (χ2n) is 9.28. The molecule has 4 N–H and O–H groups in total. The van der Waals surface area contributed by atoms with Gasteiger partial charge in [-0.15, -0.1) is 0 Å². The minimum Gasteiger partial charge on any atom is -0.372 e. The molecule has 1 unspecified atom stereocenters. The number of imide groups is 1. The van der Waals surface area contributed by atoms with Crippen LogP contribution < -0.4 is 16.4 Å². The maximum Gasteiger partial charge on any atom is 0.255 e. The summed E-state index contributed by atoms with van der Waals surface area (Å²) < 4.78 is 6.11. The minimum atomic E-state index is -0.586. The van der Waals surface area contributed by atoms with Gasteiger partial charge in [-0.2, -0.15) is 0 Å². The first-order chi connectivity index (χ1) is 14.4. The van der Waals surface area contributed by atoms with Gasteiger partial charge < -0.3 is 20.7 Å². The van der Waals surface area contributed by atoms with Gasteiger partial charge in [0.25, 0.3) is 5.91 Å². The summed E-state index contributed by atoms with van der Waals surface area (Å²) in [4.78, 5) is 38.2. The van der Waals surface area contributed by atoms with E-state index in [0.29, 0.717) is 31.7 Å². The number of nitrogens with one attached hydrogen (secondary N) is 2. The smallest absolute Gasteiger partial charge is 0.255 e. The van der Waals surface area contributed by atoms with Gasteiger partial charge in [-0.1, -0.05) is 12.1 Å². The molecule has 3 saturated heterocycles. The number of nitrogens with two attached hydrogens (primary N) is 1. The molecule has 1 aromatic rings. The van der Waals surface area contributed by atoms with Crippen LogP contribution in [0.5, 0.6) is 0 Å². The van der Waals surface area contributed by atoms with Crippen LogP contribution in [0.4, 0.5) is 0 Å². The number of carbonyl (C=O) groups is 3. The Morgan fingerprint density at radius 3 is 2.70 bits per heavy atom. The van der Waals surface area contributed by atoms with Crippen LogP contribution in [0.25, 0.3) is 0 Å². The Hall–Kier alpha value is -2.29. The van der Waals surface area contributed by atoms with Crippen molar-refractivity contribution in [2.45, 2.75) is 68.8 Å². The molecule has 1 aliphatic carbocycles. The highest BCUT2D eigenvalue weighted by atomic mass is 16.5. The molecular formula is C22H28N4O4. The Morgan fingerprint density at radius 1 is 1.20 bits per heavy atom. The summed E-state index contributed by atoms with van der Waals surface area (Å²) in [5.41, 5.74) is 8.72. The number of hydrogen-bond donors (Lipinski definition) is 3. The second-order valence-corrected chi connectivity index (χ2v) is 9.28. The quantitative estimate of drug-likeness (QED) is 0.610. The molecule has 30 heavy (non-hydrogen) atoms. The number of rotatable bonds is 5. The number of nitrogens with zero attached hydrogens (tertiary/aromatic N) is 1. The van der Waals surface area contributed by atoms with Crippen molar-refractivity contribution in [1.29, 1.82) is 0 Å². The molecule has 4 aliphatic heterocycles. The topological polar surface area (TPSA) is 114 Å². The molecule has 0 radical (unpaired) electrons. The SMILES string of the molecule is NC12CCC(CNCc3cccc4c3CN(C3CCC(=O)NC3=O)C4=O)(CC1)OC2. The third-order valence-electron chi connectivity index (χ3n) is 7.26. The number of piperidine rings is 1. The van der Waals surface area contributed by atoms with Gasteiger partial charge in [0.1, 0.15) is 6.04 Å². The molecule has 8 nitrogen and oxygen atoms in total. The van der Waals surface area contributed by atoms with E-state index in [1.807, 2.05) is 18.2 Å². The second kappa shape index (κ2) is 7.14. The predicted molar refractivity (Wildman–Crippen MR) is 108 cm³/mol. The highest BCUT2D eigenvalue weighted by molar-refractivity contribution is 6.05. The van der Waals surface area contributed by atoms with Crippen molar-refractivity contribution < 1.29 is 19.1 Å². The molecule has 0 spiro atoms. The average Bonchev–Trinajstić information content (AvgIpc) is 3.07. The first-order valence-corrected chi connectivity index (χ1v) is 10.8. The third-order valence-corrected chi connectivity index (χ3v) is 7.26. The number of benzene rings is 1. The zero-order chi connectivity index (χ0) is 20.9. The highest BCUT2D eigenvalue weighted by Crippen LogP contribution is 2.42. The maximum absolute atomic E-state index is 12.9. The maximum atomic E-state index is 12.9. The third kappa shape index (κ3) is 3.33. The van der Waals surface area contributed by atoms with Gasteiger partial charge in [0, 0.05) is 37.2 Å². The number of hydrogen-bond acceptors (Lipinski definition) is 6. The molecule has 1 saturated carbocycles. The van der Waals surface area contributed by atoms with Gasteiger partial charge in [-0.25, -0.2) is 0 Å². The van der Waals surface area contributed by atoms with E-state index < -0.39 is 6.04 Å². The molecule has 1 aromatic carbocycles. The van der Waals surface area contributed by atoms with Crippen LogP contribution in [0.15, 0.2) is 18.2 Å². The Labute approximate surface area is 175 Å². The Kier molecular flexibility index (Phi) is 4.68. The first kappa shape index (κ1) is 19.7. The van der Waals surface area contributed by atoms with Crippen LogP contribution >= 0.6 is 0 Å². The van der Waals surface area contributed by atoms with Crippen LogP contribution in [0, 0.1) is 0 Å². The van der Waals surface area contributed by atoms with E-state index in [0.717, 1.165) is 43.4 Å². The summed E-state index contributed by atoms with van der Waals surface area (Å²) >= 11 is 0. The Balaban J connectivity index is 1.26. The van der Waals surface area contributed by atoms with E-state index in [9.17, 15) is 14.4 Å². The summed E-state index contributed by atoms with van der Waals surface area (Å²) in [5.74, 6) is -0.791. The van der Waals surface area contributed by atoms with E-state index in [1.54, 1.807) is 4.90 Å². The number of carbonyl (C=O) groups excluding carboxylic acids is 3. The summed E-state index contributed by atoms with van der Waals surface area (Å²) in [5, 5.41) is 5.88. The Bertz CT molecular complexity index is 890. The van der Waals surface area contributed by atoms with Crippen molar-refractivity contribution in [3.8, 4) is 0 Å². The molecule has 5 aliphatic rings. The lowest BCUT2D eigenvalue weighted by molar-refractivity contribution is -0.150. The van der Waals surface area contributed by atoms with Crippen LogP contribution in [0.3, 0.4) is 0 Å². The fourth-order valence-corrected chi connectivity index (χ4v) is 5.26. The van der Waals surface area contributed by atoms with E-state index in [1.165, 1.54) is 0 Å². The molecule has 6 rings (SSSR count). The van der Waals surface area contributed by atoms with Crippen molar-refractivity contribution in [2.75, 3.05) is 13.2 Å². The average molecular weight is 412 g/mol. The van der Waals surface area contributed by atoms with Crippen LogP contribution in [-0.2, 0) is 27.4 Å². The lowest BCUT2D eigenvalue weighted by Gasteiger charge is -2.51. The summed E-state index contributed by atoms with van der Waals surface area (Å²) in [7, 11) is 0. The van der Waals surface area contributed by atoms with Crippen molar-refractivity contribution >= 4 is 17.7 Å². The number of ether oxygens (including phenoxy) is 1. The van der Waals surface area contributed by atoms with Crippen LogP contribution in [0.1, 0.15) is 60.0 Å². The van der Waals surface area contributed by atoms with Gasteiger partial charge in [0.2, 0.25) is 11.8 Å². The monoisotopic (exact) mass is 412 g/mol. The zero-order valence-corrected chi connectivity index (χ0v) is 17.0. The fourth-order valence-electron chi connectivity index (χ4n) is 5.26. The standard InChI is InChI=1S/C22H28N4O4/c23-21-6-8-22(9-7-21,30-13-21)12-24-10-14-2-1-3-15-16(14)11-26(20(15)29)17-4-5-18(27)25-19(17)28/h1-3,17,24H,4-13,23H2,(H,25,27,28). The van der Waals surface area contributed by atoms with Crippen molar-refractivity contribution in [3.63, 3.8) is 0 Å². The molecule has 8 heteroatoms. The molecule has 3 amide bonds. The van der Waals surface area contributed by atoms with Gasteiger partial charge in [-0.3, -0.25) is 19.7 Å². The van der Waals surface area contributed by atoms with Gasteiger partial charge in [0.15, 0.2) is 0 Å². The van der Waals surface area contributed by atoms with Gasteiger partial charge >= 0.3 is 0 Å². The van der Waals surface area contributed by atoms with Crippen LogP contribution in [-0.4, -0.2) is 53.0 Å². The molecule has 160 valence electrons. The largest absolute Gasteiger partial charge is 0.372 e. The van der Waals surface area contributed by atoms with E-state index in [2.05, 4.69) is 10.6 Å². The number of amides is 3. The normalized spacial score (nSPS) is 33.0. The molecule has 2 bridgehead atoms. The number of fused-ring (bicyclic) bond motifs is 4. The minimum absolute atomic E-state index is 0.131. The highest BCUT2D eigenvalue weighted by Gasteiger charge is 2.47. The van der Waals surface area contributed by atoms with E-state index >= 15 is 0 Å². The first-order valence-electron chi connectivity index (χ1n) is 10.8. The summed E-state index contributed by atoms with van der Waals surface area (Å²) in [6.07, 6.45) is 4.60. The molecular weight excluding hydrogens is 384 g/mol. The van der Waals surface area contributed by atoms with Crippen molar-refractivity contribution in [2.24, 2.45) is 5.73 Å². The lowest BCUT2D eigenvalue weighted by atomic mass is 9.71. The van der Waals surface area contributed by atoms with Gasteiger partial charge in [0.05, 0.1) is 12.2 Å². The van der Waals surface area contributed by atoms with Crippen molar-refractivity contribution in [3.05, 3.63) is 34.9 Å².